The summed E-state index contributed by atoms with van der Waals surface area (Å²) in [6.45, 7) is 1.66. The molecule has 2 amide bonds. The second-order valence-corrected chi connectivity index (χ2v) is 8.95. The highest BCUT2D eigenvalue weighted by atomic mass is 35.5. The predicted octanol–water partition coefficient (Wildman–Crippen LogP) is 5.55. The van der Waals surface area contributed by atoms with Gasteiger partial charge in [-0.25, -0.2) is 9.07 Å². The number of carbonyl (C=O) groups is 2. The Labute approximate surface area is 197 Å². The van der Waals surface area contributed by atoms with Crippen LogP contribution < -0.4 is 5.32 Å². The molecular weight excluding hydrogens is 474 g/mol. The van der Waals surface area contributed by atoms with Crippen molar-refractivity contribution in [2.45, 2.75) is 6.92 Å². The van der Waals surface area contributed by atoms with E-state index < -0.39 is 5.91 Å². The van der Waals surface area contributed by atoms with E-state index >= 15 is 0 Å². The number of nitrogens with one attached hydrogen (secondary N) is 1. The predicted molar refractivity (Wildman–Crippen MR) is 126 cm³/mol. The third-order valence-corrected chi connectivity index (χ3v) is 6.51. The maximum absolute atomic E-state index is 13.3. The van der Waals surface area contributed by atoms with Crippen LogP contribution in [-0.4, -0.2) is 40.1 Å². The van der Waals surface area contributed by atoms with Crippen molar-refractivity contribution in [2.75, 3.05) is 18.9 Å². The molecule has 0 bridgehead atoms. The molecule has 0 aliphatic carbocycles. The van der Waals surface area contributed by atoms with E-state index in [9.17, 15) is 14.0 Å². The Morgan fingerprint density at radius 2 is 1.81 bits per heavy atom. The lowest BCUT2D eigenvalue weighted by Gasteiger charge is -2.16. The van der Waals surface area contributed by atoms with E-state index in [0.717, 1.165) is 15.9 Å². The minimum Gasteiger partial charge on any atom is -0.332 e. The molecule has 10 heteroatoms. The smallest absolute Gasteiger partial charge is 0.264 e. The maximum Gasteiger partial charge on any atom is 0.264 e. The van der Waals surface area contributed by atoms with E-state index in [2.05, 4.69) is 10.4 Å². The van der Waals surface area contributed by atoms with Gasteiger partial charge in [0, 0.05) is 12.4 Å². The van der Waals surface area contributed by atoms with Crippen molar-refractivity contribution in [3.63, 3.8) is 0 Å². The highest BCUT2D eigenvalue weighted by Crippen LogP contribution is 2.32. The molecule has 164 valence electrons. The second-order valence-electron chi connectivity index (χ2n) is 7.11. The van der Waals surface area contributed by atoms with Gasteiger partial charge in [0.1, 0.15) is 10.6 Å². The molecular formula is C22H17Cl2FN4O2S. The minimum absolute atomic E-state index is 0.183. The van der Waals surface area contributed by atoms with Gasteiger partial charge in [0.2, 0.25) is 5.91 Å². The molecule has 0 saturated heterocycles. The van der Waals surface area contributed by atoms with E-state index in [-0.39, 0.29) is 18.3 Å². The summed E-state index contributed by atoms with van der Waals surface area (Å²) >= 11 is 13.4. The zero-order chi connectivity index (χ0) is 23.0. The van der Waals surface area contributed by atoms with Crippen LogP contribution >= 0.6 is 34.5 Å². The molecule has 4 rings (SSSR count). The summed E-state index contributed by atoms with van der Waals surface area (Å²) in [7, 11) is 1.54. The van der Waals surface area contributed by atoms with Crippen LogP contribution in [0.1, 0.15) is 15.4 Å². The number of carbonyl (C=O) groups excluding carboxylic acids is 2. The average molecular weight is 491 g/mol. The van der Waals surface area contributed by atoms with Crippen LogP contribution in [0.2, 0.25) is 10.0 Å². The fourth-order valence-electron chi connectivity index (χ4n) is 3.18. The first kappa shape index (κ1) is 22.3. The van der Waals surface area contributed by atoms with Gasteiger partial charge < -0.3 is 10.2 Å². The average Bonchev–Trinajstić information content (AvgIpc) is 3.31. The molecule has 0 saturated carbocycles. The summed E-state index contributed by atoms with van der Waals surface area (Å²) in [6.07, 6.45) is 0. The Hall–Kier alpha value is -2.94. The number of aryl methyl sites for hydroxylation is 1. The van der Waals surface area contributed by atoms with Crippen molar-refractivity contribution in [3.05, 3.63) is 75.0 Å². The lowest BCUT2D eigenvalue weighted by molar-refractivity contribution is -0.116. The zero-order valence-corrected chi connectivity index (χ0v) is 19.4. The lowest BCUT2D eigenvalue weighted by Crippen LogP contribution is -2.34. The van der Waals surface area contributed by atoms with Crippen LogP contribution in [0, 0.1) is 12.7 Å². The number of benzene rings is 2. The number of halogens is 3. The Bertz CT molecular complexity index is 1310. The Balaban J connectivity index is 1.54. The van der Waals surface area contributed by atoms with Gasteiger partial charge in [0.15, 0.2) is 0 Å². The quantitative estimate of drug-likeness (QED) is 0.398. The number of fused-ring (bicyclic) bond motifs is 1. The van der Waals surface area contributed by atoms with Crippen LogP contribution in [0.25, 0.3) is 15.9 Å². The number of thiophene rings is 1. The minimum atomic E-state index is -0.425. The largest absolute Gasteiger partial charge is 0.332 e. The van der Waals surface area contributed by atoms with Crippen LogP contribution in [0.5, 0.6) is 0 Å². The first-order valence-electron chi connectivity index (χ1n) is 9.49. The number of hydrogen-bond donors (Lipinski definition) is 1. The van der Waals surface area contributed by atoms with Gasteiger partial charge in [-0.05, 0) is 49.4 Å². The third-order valence-electron chi connectivity index (χ3n) is 4.78. The summed E-state index contributed by atoms with van der Waals surface area (Å²) in [5.41, 5.74) is 1.74. The van der Waals surface area contributed by atoms with E-state index in [1.54, 1.807) is 48.1 Å². The van der Waals surface area contributed by atoms with Crippen molar-refractivity contribution in [1.29, 1.82) is 0 Å². The second kappa shape index (κ2) is 8.90. The van der Waals surface area contributed by atoms with E-state index in [1.165, 1.54) is 28.4 Å². The monoisotopic (exact) mass is 490 g/mol. The number of rotatable bonds is 5. The fraction of sp³-hybridized carbons (Fsp3) is 0.136. The molecule has 0 fully saturated rings. The molecule has 2 aromatic heterocycles. The first-order chi connectivity index (χ1) is 15.2. The van der Waals surface area contributed by atoms with Gasteiger partial charge in [0.05, 0.1) is 38.5 Å². The Kier molecular flexibility index (Phi) is 6.19. The summed E-state index contributed by atoms with van der Waals surface area (Å²) in [5.74, 6) is -1.07. The number of likely N-dealkylation sites (N-methyl/N-ethyl adjacent to an activating group) is 1. The Morgan fingerprint density at radius 3 is 2.47 bits per heavy atom. The number of aromatic nitrogens is 2. The molecule has 0 aliphatic heterocycles. The third kappa shape index (κ3) is 4.34. The molecule has 4 aromatic rings. The maximum atomic E-state index is 13.3. The molecule has 1 N–H and O–H groups in total. The summed E-state index contributed by atoms with van der Waals surface area (Å²) in [5, 5.41) is 8.58. The van der Waals surface area contributed by atoms with E-state index in [0.29, 0.717) is 26.3 Å². The van der Waals surface area contributed by atoms with Crippen LogP contribution in [0.3, 0.4) is 0 Å². The van der Waals surface area contributed by atoms with Crippen molar-refractivity contribution in [3.8, 4) is 5.69 Å². The molecule has 2 heterocycles. The molecule has 0 unspecified atom stereocenters. The van der Waals surface area contributed by atoms with Crippen molar-refractivity contribution >= 4 is 62.3 Å². The van der Waals surface area contributed by atoms with Crippen LogP contribution in [-0.2, 0) is 4.79 Å². The molecule has 32 heavy (non-hydrogen) atoms. The molecule has 0 atom stereocenters. The van der Waals surface area contributed by atoms with Gasteiger partial charge in [-0.2, -0.15) is 5.10 Å². The molecule has 0 aliphatic rings. The van der Waals surface area contributed by atoms with Crippen molar-refractivity contribution in [2.24, 2.45) is 0 Å². The van der Waals surface area contributed by atoms with Crippen LogP contribution in [0.15, 0.2) is 48.5 Å². The van der Waals surface area contributed by atoms with Gasteiger partial charge >= 0.3 is 0 Å². The lowest BCUT2D eigenvalue weighted by atomic mass is 10.3. The summed E-state index contributed by atoms with van der Waals surface area (Å²) in [6, 6.07) is 12.6. The number of para-hydroxylation sites is 1. The highest BCUT2D eigenvalue weighted by Gasteiger charge is 2.21. The number of hydrogen-bond acceptors (Lipinski definition) is 4. The van der Waals surface area contributed by atoms with Crippen LogP contribution in [0.4, 0.5) is 10.1 Å². The number of nitrogens with zero attached hydrogens (tertiary/aromatic N) is 3. The first-order valence-corrected chi connectivity index (χ1v) is 11.1. The van der Waals surface area contributed by atoms with Gasteiger partial charge in [-0.15, -0.1) is 11.3 Å². The fourth-order valence-corrected chi connectivity index (χ4v) is 4.85. The molecule has 2 aromatic carbocycles. The van der Waals surface area contributed by atoms with E-state index in [4.69, 9.17) is 23.2 Å². The summed E-state index contributed by atoms with van der Waals surface area (Å²) in [4.78, 5) is 27.9. The standard InChI is InChI=1S/C22H17Cl2FN4O2S/c1-12-15-10-18(32-22(15)29(27-12)14-8-6-13(25)7-9-14)21(31)28(2)11-19(30)26-20-16(23)4-3-5-17(20)24/h3-10H,11H2,1-2H3,(H,26,30). The van der Waals surface area contributed by atoms with Gasteiger partial charge in [-0.1, -0.05) is 29.3 Å². The highest BCUT2D eigenvalue weighted by molar-refractivity contribution is 7.20. The molecule has 0 radical (unpaired) electrons. The molecule has 6 nitrogen and oxygen atoms in total. The number of amides is 2. The van der Waals surface area contributed by atoms with Crippen molar-refractivity contribution in [1.82, 2.24) is 14.7 Å². The van der Waals surface area contributed by atoms with Gasteiger partial charge in [0.25, 0.3) is 5.91 Å². The van der Waals surface area contributed by atoms with Crippen molar-refractivity contribution < 1.29 is 14.0 Å². The Morgan fingerprint density at radius 1 is 1.16 bits per heavy atom. The van der Waals surface area contributed by atoms with E-state index in [1.807, 2.05) is 6.92 Å². The topological polar surface area (TPSA) is 67.2 Å². The normalized spacial score (nSPS) is 11.0. The number of anilines is 1. The molecule has 0 spiro atoms. The van der Waals surface area contributed by atoms with Gasteiger partial charge in [-0.3, -0.25) is 9.59 Å². The SMILES string of the molecule is Cc1nn(-c2ccc(F)cc2)c2sc(C(=O)N(C)CC(=O)Nc3c(Cl)cccc3Cl)cc12. The zero-order valence-electron chi connectivity index (χ0n) is 17.0. The summed E-state index contributed by atoms with van der Waals surface area (Å²) < 4.78 is 15.0.